The van der Waals surface area contributed by atoms with Gasteiger partial charge in [0.15, 0.2) is 0 Å². The standard InChI is InChI=1S/C15H22N4/c1-18(2)12-14-4-6-15(7-5-14)17-8-3-10-19-11-9-16-13-19/h4-7,9,11,13,17H,3,8,10,12H2,1-2H3. The maximum Gasteiger partial charge on any atom is 0.0945 e. The smallest absolute Gasteiger partial charge is 0.0945 e. The van der Waals surface area contributed by atoms with E-state index in [1.807, 2.05) is 18.7 Å². The Balaban J connectivity index is 1.71. The summed E-state index contributed by atoms with van der Waals surface area (Å²) < 4.78 is 2.10. The number of rotatable bonds is 7. The maximum atomic E-state index is 4.03. The molecule has 0 fully saturated rings. The van der Waals surface area contributed by atoms with Crippen LogP contribution in [0.1, 0.15) is 12.0 Å². The van der Waals surface area contributed by atoms with Crippen LogP contribution in [0.15, 0.2) is 43.0 Å². The van der Waals surface area contributed by atoms with Crippen molar-refractivity contribution in [2.75, 3.05) is 26.0 Å². The highest BCUT2D eigenvalue weighted by Gasteiger charge is 1.96. The number of imidazole rings is 1. The summed E-state index contributed by atoms with van der Waals surface area (Å²) in [5.41, 5.74) is 2.53. The Bertz CT molecular complexity index is 459. The molecule has 102 valence electrons. The lowest BCUT2D eigenvalue weighted by Gasteiger charge is -2.11. The molecule has 0 spiro atoms. The molecule has 4 nitrogen and oxygen atoms in total. The van der Waals surface area contributed by atoms with Crippen molar-refractivity contribution in [1.82, 2.24) is 14.5 Å². The molecule has 0 amide bonds. The SMILES string of the molecule is CN(C)Cc1ccc(NCCCn2ccnc2)cc1. The Morgan fingerprint density at radius 2 is 2.00 bits per heavy atom. The quantitative estimate of drug-likeness (QED) is 0.774. The fourth-order valence-electron chi connectivity index (χ4n) is 2.01. The molecular formula is C15H22N4. The van der Waals surface area contributed by atoms with Gasteiger partial charge in [0.2, 0.25) is 0 Å². The number of benzene rings is 1. The number of anilines is 1. The molecule has 0 saturated heterocycles. The van der Waals surface area contributed by atoms with Crippen LogP contribution >= 0.6 is 0 Å². The number of aromatic nitrogens is 2. The van der Waals surface area contributed by atoms with Crippen molar-refractivity contribution in [3.05, 3.63) is 48.5 Å². The largest absolute Gasteiger partial charge is 0.385 e. The third-order valence-corrected chi connectivity index (χ3v) is 2.93. The zero-order chi connectivity index (χ0) is 13.5. The minimum atomic E-state index is 0.977. The lowest BCUT2D eigenvalue weighted by Crippen LogP contribution is -2.10. The highest BCUT2D eigenvalue weighted by Crippen LogP contribution is 2.10. The third-order valence-electron chi connectivity index (χ3n) is 2.93. The van der Waals surface area contributed by atoms with Crippen LogP contribution in [0, 0.1) is 0 Å². The lowest BCUT2D eigenvalue weighted by atomic mass is 10.2. The van der Waals surface area contributed by atoms with E-state index in [2.05, 4.69) is 58.1 Å². The molecule has 0 atom stereocenters. The summed E-state index contributed by atoms with van der Waals surface area (Å²) in [7, 11) is 4.17. The van der Waals surface area contributed by atoms with Crippen molar-refractivity contribution in [3.63, 3.8) is 0 Å². The van der Waals surface area contributed by atoms with E-state index in [1.165, 1.54) is 11.3 Å². The van der Waals surface area contributed by atoms with Crippen LogP contribution in [0.3, 0.4) is 0 Å². The molecule has 1 aromatic carbocycles. The van der Waals surface area contributed by atoms with E-state index in [0.717, 1.165) is 26.1 Å². The fourth-order valence-corrected chi connectivity index (χ4v) is 2.01. The average Bonchev–Trinajstić information content (AvgIpc) is 2.89. The van der Waals surface area contributed by atoms with Crippen molar-refractivity contribution < 1.29 is 0 Å². The Kier molecular flexibility index (Phi) is 4.98. The van der Waals surface area contributed by atoms with Crippen LogP contribution in [0.25, 0.3) is 0 Å². The minimum absolute atomic E-state index is 0.977. The molecule has 2 rings (SSSR count). The second-order valence-electron chi connectivity index (χ2n) is 5.02. The van der Waals surface area contributed by atoms with Gasteiger partial charge in [0.25, 0.3) is 0 Å². The Hall–Kier alpha value is -1.81. The number of aryl methyl sites for hydroxylation is 1. The molecule has 0 saturated carbocycles. The van der Waals surface area contributed by atoms with Crippen LogP contribution < -0.4 is 5.32 Å². The highest BCUT2D eigenvalue weighted by atomic mass is 15.0. The predicted molar refractivity (Wildman–Crippen MR) is 79.2 cm³/mol. The Labute approximate surface area is 115 Å². The van der Waals surface area contributed by atoms with Gasteiger partial charge in [-0.15, -0.1) is 0 Å². The molecule has 19 heavy (non-hydrogen) atoms. The van der Waals surface area contributed by atoms with Crippen LogP contribution in [-0.2, 0) is 13.1 Å². The highest BCUT2D eigenvalue weighted by molar-refractivity contribution is 5.44. The molecule has 1 N–H and O–H groups in total. The maximum absolute atomic E-state index is 4.03. The first-order valence-corrected chi connectivity index (χ1v) is 6.67. The summed E-state index contributed by atoms with van der Waals surface area (Å²) in [6, 6.07) is 8.66. The number of hydrogen-bond donors (Lipinski definition) is 1. The third kappa shape index (κ3) is 4.75. The van der Waals surface area contributed by atoms with Crippen molar-refractivity contribution >= 4 is 5.69 Å². The van der Waals surface area contributed by atoms with E-state index in [0.29, 0.717) is 0 Å². The van der Waals surface area contributed by atoms with Crippen molar-refractivity contribution in [2.45, 2.75) is 19.5 Å². The predicted octanol–water partition coefficient (Wildman–Crippen LogP) is 2.45. The molecular weight excluding hydrogens is 236 g/mol. The van der Waals surface area contributed by atoms with Gasteiger partial charge < -0.3 is 14.8 Å². The minimum Gasteiger partial charge on any atom is -0.385 e. The van der Waals surface area contributed by atoms with Crippen molar-refractivity contribution in [3.8, 4) is 0 Å². The van der Waals surface area contributed by atoms with E-state index in [1.54, 1.807) is 0 Å². The fraction of sp³-hybridized carbons (Fsp3) is 0.400. The van der Waals surface area contributed by atoms with Gasteiger partial charge in [0.1, 0.15) is 0 Å². The summed E-state index contributed by atoms with van der Waals surface area (Å²) in [6.45, 7) is 2.97. The molecule has 1 aromatic heterocycles. The topological polar surface area (TPSA) is 33.1 Å². The summed E-state index contributed by atoms with van der Waals surface area (Å²) in [6.07, 6.45) is 6.76. The second kappa shape index (κ2) is 6.95. The first kappa shape index (κ1) is 13.6. The molecule has 2 aromatic rings. The molecule has 0 aliphatic carbocycles. The molecule has 0 radical (unpaired) electrons. The van der Waals surface area contributed by atoms with Gasteiger partial charge in [-0.2, -0.15) is 0 Å². The normalized spacial score (nSPS) is 10.9. The van der Waals surface area contributed by atoms with Crippen molar-refractivity contribution in [1.29, 1.82) is 0 Å². The van der Waals surface area contributed by atoms with Crippen LogP contribution in [0.2, 0.25) is 0 Å². The lowest BCUT2D eigenvalue weighted by molar-refractivity contribution is 0.402. The first-order valence-electron chi connectivity index (χ1n) is 6.67. The zero-order valence-electron chi connectivity index (χ0n) is 11.7. The molecule has 0 aliphatic heterocycles. The van der Waals surface area contributed by atoms with Crippen molar-refractivity contribution in [2.24, 2.45) is 0 Å². The van der Waals surface area contributed by atoms with E-state index in [9.17, 15) is 0 Å². The summed E-state index contributed by atoms with van der Waals surface area (Å²) in [4.78, 5) is 6.21. The van der Waals surface area contributed by atoms with E-state index in [-0.39, 0.29) is 0 Å². The number of nitrogens with zero attached hydrogens (tertiary/aromatic N) is 3. The first-order chi connectivity index (χ1) is 9.24. The van der Waals surface area contributed by atoms with Crippen LogP contribution in [-0.4, -0.2) is 35.1 Å². The monoisotopic (exact) mass is 258 g/mol. The summed E-state index contributed by atoms with van der Waals surface area (Å²) in [5, 5.41) is 3.44. The van der Waals surface area contributed by atoms with Crippen LogP contribution in [0.4, 0.5) is 5.69 Å². The van der Waals surface area contributed by atoms with E-state index in [4.69, 9.17) is 0 Å². The number of hydrogen-bond acceptors (Lipinski definition) is 3. The molecule has 0 unspecified atom stereocenters. The molecule has 4 heteroatoms. The summed E-state index contributed by atoms with van der Waals surface area (Å²) >= 11 is 0. The van der Waals surface area contributed by atoms with Gasteiger partial charge in [-0.3, -0.25) is 0 Å². The molecule has 1 heterocycles. The van der Waals surface area contributed by atoms with Gasteiger partial charge in [0, 0.05) is 37.7 Å². The van der Waals surface area contributed by atoms with Gasteiger partial charge in [-0.1, -0.05) is 12.1 Å². The molecule has 0 bridgehead atoms. The van der Waals surface area contributed by atoms with Gasteiger partial charge in [-0.25, -0.2) is 4.98 Å². The summed E-state index contributed by atoms with van der Waals surface area (Å²) in [5.74, 6) is 0. The Morgan fingerprint density at radius 3 is 2.63 bits per heavy atom. The van der Waals surface area contributed by atoms with E-state index < -0.39 is 0 Å². The van der Waals surface area contributed by atoms with Gasteiger partial charge in [-0.05, 0) is 38.2 Å². The average molecular weight is 258 g/mol. The van der Waals surface area contributed by atoms with Gasteiger partial charge in [0.05, 0.1) is 6.33 Å². The van der Waals surface area contributed by atoms with E-state index >= 15 is 0 Å². The number of nitrogens with one attached hydrogen (secondary N) is 1. The van der Waals surface area contributed by atoms with Crippen LogP contribution in [0.5, 0.6) is 0 Å². The van der Waals surface area contributed by atoms with Gasteiger partial charge >= 0.3 is 0 Å². The second-order valence-corrected chi connectivity index (χ2v) is 5.02. The zero-order valence-corrected chi connectivity index (χ0v) is 11.7. The molecule has 0 aliphatic rings. The Morgan fingerprint density at radius 1 is 1.21 bits per heavy atom.